The normalized spacial score (nSPS) is 17.0. The van der Waals surface area contributed by atoms with Crippen LogP contribution in [0.15, 0.2) is 27.3 Å². The maximum atomic E-state index is 14.2. The first-order valence-electron chi connectivity index (χ1n) is 19.0. The van der Waals surface area contributed by atoms with Gasteiger partial charge in [0.2, 0.25) is 0 Å². The third kappa shape index (κ3) is 6.59. The van der Waals surface area contributed by atoms with Gasteiger partial charge < -0.3 is 40.0 Å². The van der Waals surface area contributed by atoms with Gasteiger partial charge in [-0.3, -0.25) is 19.2 Å². The van der Waals surface area contributed by atoms with Crippen molar-refractivity contribution in [1.82, 2.24) is 0 Å². The molecular weight excluding hydrogens is 706 g/mol. The van der Waals surface area contributed by atoms with Crippen molar-refractivity contribution >= 4 is 66.8 Å². The van der Waals surface area contributed by atoms with E-state index >= 15 is 0 Å². The molecule has 5 aromatic carbocycles. The number of aliphatic hydroxyl groups is 2. The van der Waals surface area contributed by atoms with E-state index in [0.29, 0.717) is 111 Å². The summed E-state index contributed by atoms with van der Waals surface area (Å²) in [5.41, 5.74) is 3.25. The summed E-state index contributed by atoms with van der Waals surface area (Å²) >= 11 is 0. The molecule has 0 radical (unpaired) electrons. The van der Waals surface area contributed by atoms with E-state index in [1.54, 1.807) is 7.11 Å². The van der Waals surface area contributed by atoms with Crippen LogP contribution in [-0.4, -0.2) is 66.3 Å². The molecule has 5 aromatic rings. The molecule has 2 aliphatic carbocycles. The first-order chi connectivity index (χ1) is 26.5. The minimum atomic E-state index is -0.938. The number of aliphatic hydroxyl groups excluding tert-OH is 2. The number of aliphatic carboxylic acids is 1. The first-order valence-corrected chi connectivity index (χ1v) is 19.0. The van der Waals surface area contributed by atoms with Gasteiger partial charge in [0, 0.05) is 42.0 Å². The number of benzene rings is 5. The summed E-state index contributed by atoms with van der Waals surface area (Å²) in [4.78, 5) is 52.2. The minimum Gasteiger partial charge on any atom is -0.507 e. The molecule has 0 spiro atoms. The van der Waals surface area contributed by atoms with Gasteiger partial charge in [-0.1, -0.05) is 11.6 Å². The fourth-order valence-corrected chi connectivity index (χ4v) is 9.24. The summed E-state index contributed by atoms with van der Waals surface area (Å²) in [5, 5.41) is 50.0. The predicted octanol–water partition coefficient (Wildman–Crippen LogP) is 5.76. The largest absolute Gasteiger partial charge is 0.507 e. The molecule has 1 saturated carbocycles. The summed E-state index contributed by atoms with van der Waals surface area (Å²) in [7, 11) is 3.08. The highest BCUT2D eigenvalue weighted by molar-refractivity contribution is 6.38. The van der Waals surface area contributed by atoms with Gasteiger partial charge in [-0.05, 0) is 115 Å². The number of carboxylic acids is 1. The van der Waals surface area contributed by atoms with Gasteiger partial charge in [-0.25, -0.2) is 0 Å². The Bertz CT molecular complexity index is 2460. The van der Waals surface area contributed by atoms with Gasteiger partial charge in [-0.15, -0.1) is 0 Å². The molecule has 1 fully saturated rings. The molecule has 290 valence electrons. The number of carbonyl (C=O) groups excluding carboxylic acids is 1. The molecule has 7 rings (SSSR count). The monoisotopic (exact) mass is 753 g/mol. The number of hydrogen-bond donors (Lipinski definition) is 5. The number of nitrogens with one attached hydrogen (secondary N) is 1. The number of esters is 1. The van der Waals surface area contributed by atoms with Crippen molar-refractivity contribution in [3.8, 4) is 11.5 Å². The third-order valence-corrected chi connectivity index (χ3v) is 11.7. The fourth-order valence-electron chi connectivity index (χ4n) is 9.24. The number of fused-ring (bicyclic) bond motifs is 1. The number of rotatable bonds is 15. The number of carbonyl (C=O) groups is 2. The van der Waals surface area contributed by atoms with E-state index in [1.807, 2.05) is 13.0 Å². The molecule has 0 unspecified atom stereocenters. The average Bonchev–Trinajstić information content (AvgIpc) is 3.32. The Morgan fingerprint density at radius 2 is 1.51 bits per heavy atom. The molecule has 0 atom stereocenters. The van der Waals surface area contributed by atoms with Crippen LogP contribution in [0.2, 0.25) is 0 Å². The lowest BCUT2D eigenvalue weighted by Crippen LogP contribution is -2.25. The highest BCUT2D eigenvalue weighted by Crippen LogP contribution is 2.53. The van der Waals surface area contributed by atoms with Crippen LogP contribution in [0.3, 0.4) is 0 Å². The Balaban J connectivity index is 1.47. The Morgan fingerprint density at radius 1 is 0.855 bits per heavy atom. The zero-order chi connectivity index (χ0) is 39.1. The molecule has 0 bridgehead atoms. The van der Waals surface area contributed by atoms with Crippen molar-refractivity contribution in [2.75, 3.05) is 39.3 Å². The second kappa shape index (κ2) is 15.6. The number of anilines is 1. The highest BCUT2D eigenvalue weighted by Gasteiger charge is 2.33. The van der Waals surface area contributed by atoms with E-state index in [0.717, 1.165) is 29.5 Å². The zero-order valence-corrected chi connectivity index (χ0v) is 31.4. The maximum Gasteiger partial charge on any atom is 0.309 e. The summed E-state index contributed by atoms with van der Waals surface area (Å²) in [5.74, 6) is -0.726. The molecular formula is C43H47NO11. The van der Waals surface area contributed by atoms with Crippen LogP contribution in [0, 0.1) is 11.8 Å². The number of allylic oxidation sites excluding steroid dienone is 1. The molecule has 0 amide bonds. The Kier molecular flexibility index (Phi) is 10.8. The molecule has 2 aliphatic rings. The van der Waals surface area contributed by atoms with Crippen LogP contribution in [0.4, 0.5) is 5.69 Å². The molecule has 0 heterocycles. The van der Waals surface area contributed by atoms with Crippen molar-refractivity contribution in [2.24, 2.45) is 11.8 Å². The second-order valence-electron chi connectivity index (χ2n) is 15.0. The van der Waals surface area contributed by atoms with Gasteiger partial charge in [0.05, 0.1) is 49.3 Å². The van der Waals surface area contributed by atoms with E-state index in [2.05, 4.69) is 5.32 Å². The second-order valence-corrected chi connectivity index (χ2v) is 15.0. The lowest BCUT2D eigenvalue weighted by atomic mass is 9.78. The standard InChI is InChI=1S/C43H47NO11/c1-21-15-27-26(11-8-22-6-9-23(10-7-22)43(52)55-14-13-53-2)41(51)37-30(48)18-25(20-46)33-32-24(19-45)17-29(47)36-38(32)35(34(27)39(33)37)28(16-21)42(54-3)40(36)44-12-4-5-31(49)50/h15,17-18,22-23,44-46,51H,4-14,16,19-20H2,1-3H3,(H,49,50). The quantitative estimate of drug-likeness (QED) is 0.0377. The molecule has 12 heteroatoms. The van der Waals surface area contributed by atoms with E-state index in [4.69, 9.17) is 14.2 Å². The fraction of sp³-hybridized carbons (Fsp3) is 0.442. The Hall–Kier alpha value is -5.04. The van der Waals surface area contributed by atoms with Crippen molar-refractivity contribution in [3.63, 3.8) is 0 Å². The molecule has 0 aromatic heterocycles. The minimum absolute atomic E-state index is 0.0740. The summed E-state index contributed by atoms with van der Waals surface area (Å²) in [6.45, 7) is 1.81. The number of carboxylic acid groups (broad SMARTS) is 1. The lowest BCUT2D eigenvalue weighted by molar-refractivity contribution is -0.151. The van der Waals surface area contributed by atoms with Crippen molar-refractivity contribution in [2.45, 2.75) is 77.9 Å². The SMILES string of the molecule is COCCOC(=O)C1CCC(CCc2c(O)c3c(=O)cc(CO)c4c5c(CO)cc(=O)c6c(NCCCC(=O)O)c(OC)c7c(c(c2C=C(C)C7)c34)c65)CC1. The van der Waals surface area contributed by atoms with E-state index < -0.39 is 24.6 Å². The van der Waals surface area contributed by atoms with E-state index in [-0.39, 0.29) is 53.9 Å². The van der Waals surface area contributed by atoms with Gasteiger partial charge in [-0.2, -0.15) is 0 Å². The van der Waals surface area contributed by atoms with Crippen LogP contribution in [0.25, 0.3) is 49.2 Å². The van der Waals surface area contributed by atoms with Gasteiger partial charge >= 0.3 is 11.9 Å². The van der Waals surface area contributed by atoms with E-state index in [1.165, 1.54) is 19.2 Å². The number of phenolic OH excluding ortho intramolecular Hbond substituents is 1. The highest BCUT2D eigenvalue weighted by atomic mass is 16.6. The topological polar surface area (TPSA) is 189 Å². The van der Waals surface area contributed by atoms with Crippen LogP contribution < -0.4 is 20.9 Å². The molecule has 0 saturated heterocycles. The maximum absolute atomic E-state index is 14.2. The average molecular weight is 754 g/mol. The number of aromatic hydroxyl groups is 1. The van der Waals surface area contributed by atoms with Gasteiger partial charge in [0.1, 0.15) is 18.1 Å². The van der Waals surface area contributed by atoms with Crippen molar-refractivity contribution in [1.29, 1.82) is 0 Å². The first kappa shape index (κ1) is 38.2. The smallest absolute Gasteiger partial charge is 0.309 e. The van der Waals surface area contributed by atoms with Crippen LogP contribution in [0.1, 0.15) is 79.7 Å². The number of ether oxygens (including phenoxy) is 3. The number of hydrogen-bond acceptors (Lipinski definition) is 11. The number of phenols is 1. The van der Waals surface area contributed by atoms with Crippen LogP contribution in [0.5, 0.6) is 11.5 Å². The zero-order valence-electron chi connectivity index (χ0n) is 31.4. The predicted molar refractivity (Wildman–Crippen MR) is 211 cm³/mol. The van der Waals surface area contributed by atoms with Gasteiger partial charge in [0.15, 0.2) is 10.9 Å². The number of methoxy groups -OCH3 is 2. The molecule has 55 heavy (non-hydrogen) atoms. The molecule has 5 N–H and O–H groups in total. The van der Waals surface area contributed by atoms with Crippen molar-refractivity contribution in [3.05, 3.63) is 66.0 Å². The summed E-state index contributed by atoms with van der Waals surface area (Å²) in [6.07, 6.45) is 6.85. The Labute approximate surface area is 317 Å². The molecule has 0 aliphatic heterocycles. The third-order valence-electron chi connectivity index (χ3n) is 11.7. The van der Waals surface area contributed by atoms with E-state index in [9.17, 15) is 39.6 Å². The Morgan fingerprint density at radius 3 is 2.13 bits per heavy atom. The molecule has 12 nitrogen and oxygen atoms in total. The van der Waals surface area contributed by atoms with Crippen LogP contribution >= 0.6 is 0 Å². The lowest BCUT2D eigenvalue weighted by Gasteiger charge is -2.28. The summed E-state index contributed by atoms with van der Waals surface area (Å²) in [6, 6.07) is 2.69. The van der Waals surface area contributed by atoms with Crippen molar-refractivity contribution < 1.29 is 44.2 Å². The van der Waals surface area contributed by atoms with Crippen LogP contribution in [-0.2, 0) is 45.1 Å². The van der Waals surface area contributed by atoms with Gasteiger partial charge in [0.25, 0.3) is 0 Å². The summed E-state index contributed by atoms with van der Waals surface area (Å²) < 4.78 is 16.5.